The summed E-state index contributed by atoms with van der Waals surface area (Å²) in [5, 5.41) is 3.51. The molecule has 1 atom stereocenters. The van der Waals surface area contributed by atoms with E-state index in [0.717, 1.165) is 25.3 Å². The lowest BCUT2D eigenvalue weighted by molar-refractivity contribution is 0.430. The Morgan fingerprint density at radius 2 is 1.78 bits per heavy atom. The second-order valence-corrected chi connectivity index (χ2v) is 5.04. The van der Waals surface area contributed by atoms with Crippen LogP contribution in [-0.2, 0) is 0 Å². The van der Waals surface area contributed by atoms with Crippen molar-refractivity contribution in [1.29, 1.82) is 0 Å². The average Bonchev–Trinajstić information content (AvgIpc) is 2.35. The Kier molecular flexibility index (Phi) is 6.13. The molecule has 0 aliphatic rings. The quantitative estimate of drug-likeness (QED) is 0.801. The minimum atomic E-state index is -0.179. The highest BCUT2D eigenvalue weighted by molar-refractivity contribution is 5.46. The van der Waals surface area contributed by atoms with Crippen molar-refractivity contribution in [3.8, 4) is 0 Å². The van der Waals surface area contributed by atoms with Crippen LogP contribution in [0.15, 0.2) is 24.3 Å². The van der Waals surface area contributed by atoms with Gasteiger partial charge in [0.1, 0.15) is 5.82 Å². The molecule has 0 bridgehead atoms. The Bertz CT molecular complexity index is 335. The summed E-state index contributed by atoms with van der Waals surface area (Å²) in [6.45, 7) is 11.6. The van der Waals surface area contributed by atoms with Crippen molar-refractivity contribution in [3.05, 3.63) is 30.1 Å². The second-order valence-electron chi connectivity index (χ2n) is 5.04. The van der Waals surface area contributed by atoms with E-state index in [1.807, 2.05) is 12.1 Å². The van der Waals surface area contributed by atoms with Crippen molar-refractivity contribution < 1.29 is 4.39 Å². The minimum absolute atomic E-state index is 0.179. The zero-order valence-electron chi connectivity index (χ0n) is 11.9. The molecule has 0 aliphatic heterocycles. The highest BCUT2D eigenvalue weighted by Crippen LogP contribution is 2.14. The number of halogens is 1. The monoisotopic (exact) mass is 252 g/mol. The highest BCUT2D eigenvalue weighted by atomic mass is 19.1. The number of hydrogen-bond donors (Lipinski definition) is 1. The predicted molar refractivity (Wildman–Crippen MR) is 76.6 cm³/mol. The first-order valence-corrected chi connectivity index (χ1v) is 6.78. The molecule has 0 spiro atoms. The Balaban J connectivity index is 2.45. The van der Waals surface area contributed by atoms with Gasteiger partial charge in [-0.15, -0.1) is 0 Å². The van der Waals surface area contributed by atoms with Crippen molar-refractivity contribution in [2.45, 2.75) is 33.7 Å². The molecule has 0 heterocycles. The summed E-state index contributed by atoms with van der Waals surface area (Å²) in [4.78, 5) is 2.25. The van der Waals surface area contributed by atoms with E-state index in [1.165, 1.54) is 12.1 Å². The van der Waals surface area contributed by atoms with Gasteiger partial charge >= 0.3 is 0 Å². The van der Waals surface area contributed by atoms with Gasteiger partial charge in [0.05, 0.1) is 0 Å². The number of nitrogens with zero attached hydrogens (tertiary/aromatic N) is 1. The molecule has 1 unspecified atom stereocenters. The Labute approximate surface area is 110 Å². The molecular weight excluding hydrogens is 227 g/mol. The van der Waals surface area contributed by atoms with Gasteiger partial charge in [-0.2, -0.15) is 0 Å². The van der Waals surface area contributed by atoms with Crippen LogP contribution in [0.3, 0.4) is 0 Å². The van der Waals surface area contributed by atoms with Gasteiger partial charge in [0, 0.05) is 31.4 Å². The lowest BCUT2D eigenvalue weighted by Crippen LogP contribution is -2.38. The first-order chi connectivity index (χ1) is 8.54. The summed E-state index contributed by atoms with van der Waals surface area (Å²) in [6.07, 6.45) is 0. The van der Waals surface area contributed by atoms with Crippen molar-refractivity contribution in [3.63, 3.8) is 0 Å². The van der Waals surface area contributed by atoms with Crippen LogP contribution in [0.2, 0.25) is 0 Å². The van der Waals surface area contributed by atoms with Gasteiger partial charge in [0.15, 0.2) is 0 Å². The molecule has 0 saturated carbocycles. The molecule has 1 N–H and O–H groups in total. The Morgan fingerprint density at radius 1 is 1.17 bits per heavy atom. The zero-order valence-corrected chi connectivity index (χ0v) is 11.9. The smallest absolute Gasteiger partial charge is 0.123 e. The number of benzene rings is 1. The summed E-state index contributed by atoms with van der Waals surface area (Å²) in [6, 6.07) is 7.23. The average molecular weight is 252 g/mol. The van der Waals surface area contributed by atoms with E-state index in [1.54, 1.807) is 0 Å². The van der Waals surface area contributed by atoms with Crippen LogP contribution in [0.25, 0.3) is 0 Å². The first-order valence-electron chi connectivity index (χ1n) is 6.78. The van der Waals surface area contributed by atoms with Crippen LogP contribution < -0.4 is 10.2 Å². The normalized spacial score (nSPS) is 12.8. The summed E-state index contributed by atoms with van der Waals surface area (Å²) >= 11 is 0. The van der Waals surface area contributed by atoms with Gasteiger partial charge in [0.2, 0.25) is 0 Å². The topological polar surface area (TPSA) is 15.3 Å². The van der Waals surface area contributed by atoms with Gasteiger partial charge in [-0.25, -0.2) is 4.39 Å². The summed E-state index contributed by atoms with van der Waals surface area (Å²) in [5.74, 6) is 0.465. The molecule has 102 valence electrons. The van der Waals surface area contributed by atoms with Crippen LogP contribution in [0.4, 0.5) is 10.1 Å². The maximum absolute atomic E-state index is 12.9. The molecule has 1 aromatic carbocycles. The lowest BCUT2D eigenvalue weighted by atomic mass is 10.1. The van der Waals surface area contributed by atoms with E-state index in [9.17, 15) is 4.39 Å². The molecule has 0 amide bonds. The molecule has 2 nitrogen and oxygen atoms in total. The number of hydrogen-bond acceptors (Lipinski definition) is 2. The zero-order chi connectivity index (χ0) is 13.5. The maximum Gasteiger partial charge on any atom is 0.123 e. The van der Waals surface area contributed by atoms with Gasteiger partial charge in [-0.1, -0.05) is 13.8 Å². The Morgan fingerprint density at radius 3 is 2.28 bits per heavy atom. The van der Waals surface area contributed by atoms with E-state index in [-0.39, 0.29) is 5.82 Å². The standard InChI is InChI=1S/C15H25FN2/c1-5-18(11-10-17-13(4)12(2)3)15-8-6-14(16)7-9-15/h6-9,12-13,17H,5,10-11H2,1-4H3. The van der Waals surface area contributed by atoms with Crippen LogP contribution >= 0.6 is 0 Å². The third-order valence-electron chi connectivity index (χ3n) is 3.42. The number of rotatable bonds is 7. The van der Waals surface area contributed by atoms with E-state index < -0.39 is 0 Å². The van der Waals surface area contributed by atoms with Gasteiger partial charge in [-0.05, 0) is 44.0 Å². The third kappa shape index (κ3) is 4.65. The van der Waals surface area contributed by atoms with Crippen molar-refractivity contribution in [2.75, 3.05) is 24.5 Å². The lowest BCUT2D eigenvalue weighted by Gasteiger charge is -2.25. The van der Waals surface area contributed by atoms with Crippen molar-refractivity contribution >= 4 is 5.69 Å². The van der Waals surface area contributed by atoms with E-state index in [4.69, 9.17) is 0 Å². The molecule has 1 rings (SSSR count). The second kappa shape index (κ2) is 7.37. The predicted octanol–water partition coefficient (Wildman–Crippen LogP) is 3.29. The minimum Gasteiger partial charge on any atom is -0.371 e. The third-order valence-corrected chi connectivity index (χ3v) is 3.42. The van der Waals surface area contributed by atoms with Gasteiger partial charge < -0.3 is 10.2 Å². The summed E-state index contributed by atoms with van der Waals surface area (Å²) < 4.78 is 12.9. The molecule has 3 heteroatoms. The first kappa shape index (κ1) is 15.0. The molecular formula is C15H25FN2. The van der Waals surface area contributed by atoms with Crippen LogP contribution in [-0.4, -0.2) is 25.7 Å². The van der Waals surface area contributed by atoms with Gasteiger partial charge in [-0.3, -0.25) is 0 Å². The molecule has 0 radical (unpaired) electrons. The SMILES string of the molecule is CCN(CCNC(C)C(C)C)c1ccc(F)cc1. The fourth-order valence-electron chi connectivity index (χ4n) is 1.78. The van der Waals surface area contributed by atoms with Crippen molar-refractivity contribution in [1.82, 2.24) is 5.32 Å². The van der Waals surface area contributed by atoms with Crippen LogP contribution in [0, 0.1) is 11.7 Å². The Hall–Kier alpha value is -1.09. The molecule has 0 fully saturated rings. The molecule has 0 saturated heterocycles. The molecule has 0 aliphatic carbocycles. The largest absolute Gasteiger partial charge is 0.371 e. The highest BCUT2D eigenvalue weighted by Gasteiger charge is 2.07. The number of anilines is 1. The van der Waals surface area contributed by atoms with Gasteiger partial charge in [0.25, 0.3) is 0 Å². The summed E-state index contributed by atoms with van der Waals surface area (Å²) in [7, 11) is 0. The fourth-order valence-corrected chi connectivity index (χ4v) is 1.78. The maximum atomic E-state index is 12.9. The number of likely N-dealkylation sites (N-methyl/N-ethyl adjacent to an activating group) is 1. The summed E-state index contributed by atoms with van der Waals surface area (Å²) in [5.41, 5.74) is 1.08. The fraction of sp³-hybridized carbons (Fsp3) is 0.600. The number of nitrogens with one attached hydrogen (secondary N) is 1. The van der Waals surface area contributed by atoms with Crippen LogP contribution in [0.1, 0.15) is 27.7 Å². The molecule has 0 aromatic heterocycles. The van der Waals surface area contributed by atoms with E-state index in [2.05, 4.69) is 37.9 Å². The molecule has 1 aromatic rings. The van der Waals surface area contributed by atoms with E-state index >= 15 is 0 Å². The van der Waals surface area contributed by atoms with Crippen LogP contribution in [0.5, 0.6) is 0 Å². The van der Waals surface area contributed by atoms with Crippen molar-refractivity contribution in [2.24, 2.45) is 5.92 Å². The van der Waals surface area contributed by atoms with E-state index in [0.29, 0.717) is 12.0 Å². The molecule has 18 heavy (non-hydrogen) atoms.